The molecule has 0 radical (unpaired) electrons. The summed E-state index contributed by atoms with van der Waals surface area (Å²) in [6, 6.07) is 7.97. The van der Waals surface area contributed by atoms with Gasteiger partial charge in [-0.3, -0.25) is 0 Å². The first-order valence-corrected chi connectivity index (χ1v) is 6.47. The Balaban J connectivity index is 3.17. The third kappa shape index (κ3) is 3.03. The highest BCUT2D eigenvalue weighted by molar-refractivity contribution is 14.1. The number of hydrogen-bond acceptors (Lipinski definition) is 2. The van der Waals surface area contributed by atoms with Crippen LogP contribution in [0.4, 0.5) is 0 Å². The molecule has 0 spiro atoms. The predicted molar refractivity (Wildman–Crippen MR) is 75.5 cm³/mol. The molecule has 0 amide bonds. The molecule has 1 rings (SSSR count). The monoisotopic (exact) mass is 327 g/mol. The van der Waals surface area contributed by atoms with Crippen LogP contribution in [0.15, 0.2) is 35.8 Å². The molecular weight excluding hydrogens is 313 g/mol. The van der Waals surface area contributed by atoms with Crippen molar-refractivity contribution in [3.8, 4) is 0 Å². The summed E-state index contributed by atoms with van der Waals surface area (Å²) in [5.41, 5.74) is 2.65. The van der Waals surface area contributed by atoms with Gasteiger partial charge in [-0.05, 0) is 36.6 Å². The normalized spacial score (nSPS) is 10.7. The summed E-state index contributed by atoms with van der Waals surface area (Å²) >= 11 is 2.28. The zero-order valence-electron chi connectivity index (χ0n) is 9.46. The van der Waals surface area contributed by atoms with Gasteiger partial charge in [-0.2, -0.15) is 4.99 Å². The Morgan fingerprint density at radius 1 is 1.56 bits per heavy atom. The second-order valence-electron chi connectivity index (χ2n) is 4.08. The molecular formula is C13H14INO. The van der Waals surface area contributed by atoms with Crippen molar-refractivity contribution in [2.45, 2.75) is 19.4 Å². The number of hydrogen-bond donors (Lipinski definition) is 0. The highest BCUT2D eigenvalue weighted by Gasteiger charge is 2.19. The van der Waals surface area contributed by atoms with Crippen LogP contribution in [0.3, 0.4) is 0 Å². The molecule has 84 valence electrons. The first-order valence-electron chi connectivity index (χ1n) is 4.95. The molecule has 1 aromatic carbocycles. The Morgan fingerprint density at radius 3 is 2.81 bits per heavy atom. The maximum atomic E-state index is 10.4. The van der Waals surface area contributed by atoms with Crippen LogP contribution in [-0.2, 0) is 10.3 Å². The lowest BCUT2D eigenvalue weighted by Crippen LogP contribution is -2.13. The number of alkyl halides is 1. The average molecular weight is 327 g/mol. The minimum Gasteiger partial charge on any atom is -0.211 e. The topological polar surface area (TPSA) is 29.4 Å². The van der Waals surface area contributed by atoms with Crippen molar-refractivity contribution in [3.63, 3.8) is 0 Å². The number of rotatable bonds is 4. The highest BCUT2D eigenvalue weighted by atomic mass is 127. The average Bonchev–Trinajstić information content (AvgIpc) is 2.28. The quantitative estimate of drug-likeness (QED) is 0.359. The molecule has 0 aliphatic carbocycles. The molecule has 0 unspecified atom stereocenters. The minimum atomic E-state index is -0.524. The standard InChI is InChI=1S/C13H14INO/c1-10(8-14)11-5-4-6-12(7-11)13(2,3)15-9-16/h4-7H,1,8H2,2-3H3. The van der Waals surface area contributed by atoms with E-state index in [0.29, 0.717) is 0 Å². The van der Waals surface area contributed by atoms with Gasteiger partial charge in [0.1, 0.15) is 0 Å². The van der Waals surface area contributed by atoms with Crippen LogP contribution in [0.5, 0.6) is 0 Å². The van der Waals surface area contributed by atoms with E-state index in [4.69, 9.17) is 0 Å². The molecule has 2 nitrogen and oxygen atoms in total. The molecule has 0 aliphatic rings. The molecule has 1 aromatic rings. The lowest BCUT2D eigenvalue weighted by Gasteiger charge is -2.18. The molecule has 0 fully saturated rings. The van der Waals surface area contributed by atoms with Crippen LogP contribution >= 0.6 is 22.6 Å². The van der Waals surface area contributed by atoms with Crippen molar-refractivity contribution >= 4 is 34.2 Å². The van der Waals surface area contributed by atoms with Crippen LogP contribution in [0.1, 0.15) is 25.0 Å². The van der Waals surface area contributed by atoms with Crippen molar-refractivity contribution < 1.29 is 4.79 Å². The molecule has 0 saturated carbocycles. The zero-order valence-corrected chi connectivity index (χ0v) is 11.6. The van der Waals surface area contributed by atoms with Gasteiger partial charge in [0, 0.05) is 4.43 Å². The molecule has 0 bridgehead atoms. The van der Waals surface area contributed by atoms with E-state index in [9.17, 15) is 4.79 Å². The Labute approximate surface area is 110 Å². The maximum Gasteiger partial charge on any atom is 0.235 e. The van der Waals surface area contributed by atoms with Crippen LogP contribution in [0.25, 0.3) is 5.57 Å². The van der Waals surface area contributed by atoms with E-state index in [1.54, 1.807) is 6.08 Å². The fourth-order valence-corrected chi connectivity index (χ4v) is 1.82. The number of allylic oxidation sites excluding steroid dienone is 1. The summed E-state index contributed by atoms with van der Waals surface area (Å²) in [5.74, 6) is 0. The van der Waals surface area contributed by atoms with Gasteiger partial charge >= 0.3 is 0 Å². The summed E-state index contributed by atoms with van der Waals surface area (Å²) in [6.45, 7) is 7.78. The lowest BCUT2D eigenvalue weighted by molar-refractivity contribution is 0.523. The maximum absolute atomic E-state index is 10.4. The van der Waals surface area contributed by atoms with E-state index in [2.05, 4.69) is 34.2 Å². The number of aliphatic imine (C=N–C) groups is 1. The number of isocyanates is 1. The summed E-state index contributed by atoms with van der Waals surface area (Å²) < 4.78 is 0.887. The number of nitrogens with zero attached hydrogens (tertiary/aromatic N) is 1. The van der Waals surface area contributed by atoms with E-state index < -0.39 is 5.54 Å². The van der Waals surface area contributed by atoms with E-state index >= 15 is 0 Å². The summed E-state index contributed by atoms with van der Waals surface area (Å²) in [7, 11) is 0. The minimum absolute atomic E-state index is 0.524. The molecule has 0 aliphatic heterocycles. The number of carbonyl (C=O) groups excluding carboxylic acids is 1. The Hall–Kier alpha value is -0.930. The third-order valence-corrected chi connectivity index (χ3v) is 3.38. The van der Waals surface area contributed by atoms with Crippen molar-refractivity contribution in [1.82, 2.24) is 0 Å². The Morgan fingerprint density at radius 2 is 2.25 bits per heavy atom. The molecule has 0 saturated heterocycles. The van der Waals surface area contributed by atoms with Crippen LogP contribution in [0, 0.1) is 0 Å². The molecule has 16 heavy (non-hydrogen) atoms. The summed E-state index contributed by atoms with van der Waals surface area (Å²) in [4.78, 5) is 14.2. The van der Waals surface area contributed by atoms with E-state index in [0.717, 1.165) is 21.1 Å². The van der Waals surface area contributed by atoms with Crippen molar-refractivity contribution in [2.24, 2.45) is 4.99 Å². The fraction of sp³-hybridized carbons (Fsp3) is 0.308. The van der Waals surface area contributed by atoms with Gasteiger partial charge in [-0.15, -0.1) is 0 Å². The second-order valence-corrected chi connectivity index (χ2v) is 4.84. The largest absolute Gasteiger partial charge is 0.235 e. The fourth-order valence-electron chi connectivity index (χ4n) is 1.38. The van der Waals surface area contributed by atoms with Gasteiger partial charge in [0.2, 0.25) is 6.08 Å². The van der Waals surface area contributed by atoms with Crippen LogP contribution < -0.4 is 0 Å². The van der Waals surface area contributed by atoms with Gasteiger partial charge in [-0.25, -0.2) is 4.79 Å². The van der Waals surface area contributed by atoms with Gasteiger partial charge in [0.25, 0.3) is 0 Å². The van der Waals surface area contributed by atoms with Crippen LogP contribution in [0.2, 0.25) is 0 Å². The zero-order chi connectivity index (χ0) is 12.2. The van der Waals surface area contributed by atoms with Gasteiger partial charge in [-0.1, -0.05) is 47.4 Å². The van der Waals surface area contributed by atoms with Crippen molar-refractivity contribution in [1.29, 1.82) is 0 Å². The second kappa shape index (κ2) is 5.41. The van der Waals surface area contributed by atoms with E-state index in [-0.39, 0.29) is 0 Å². The lowest BCUT2D eigenvalue weighted by atomic mass is 9.92. The molecule has 0 aromatic heterocycles. The van der Waals surface area contributed by atoms with Crippen molar-refractivity contribution in [2.75, 3.05) is 4.43 Å². The molecule has 0 heterocycles. The smallest absolute Gasteiger partial charge is 0.211 e. The van der Waals surface area contributed by atoms with Gasteiger partial charge < -0.3 is 0 Å². The first-order chi connectivity index (χ1) is 7.51. The Bertz CT molecular complexity index is 445. The van der Waals surface area contributed by atoms with Crippen LogP contribution in [-0.4, -0.2) is 10.5 Å². The number of halogens is 1. The third-order valence-electron chi connectivity index (χ3n) is 2.46. The Kier molecular flexibility index (Phi) is 4.44. The number of benzene rings is 1. The molecule has 0 atom stereocenters. The molecule has 3 heteroatoms. The van der Waals surface area contributed by atoms with Crippen molar-refractivity contribution in [3.05, 3.63) is 42.0 Å². The van der Waals surface area contributed by atoms with E-state index in [1.807, 2.05) is 38.1 Å². The summed E-state index contributed by atoms with van der Waals surface area (Å²) in [5, 5.41) is 0. The summed E-state index contributed by atoms with van der Waals surface area (Å²) in [6.07, 6.45) is 1.62. The van der Waals surface area contributed by atoms with E-state index in [1.165, 1.54) is 0 Å². The SMILES string of the molecule is C=C(CI)c1cccc(C(C)(C)N=C=O)c1. The molecule has 0 N–H and O–H groups in total. The predicted octanol–water partition coefficient (Wildman–Crippen LogP) is 3.71. The highest BCUT2D eigenvalue weighted by Crippen LogP contribution is 2.27. The van der Waals surface area contributed by atoms with Gasteiger partial charge in [0.15, 0.2) is 0 Å². The first kappa shape index (κ1) is 13.1. The van der Waals surface area contributed by atoms with Gasteiger partial charge in [0.05, 0.1) is 5.54 Å².